The minimum absolute atomic E-state index is 0. The van der Waals surface area contributed by atoms with Crippen LogP contribution in [0.4, 0.5) is 8.78 Å². The predicted molar refractivity (Wildman–Crippen MR) is 137 cm³/mol. The molecule has 170 valence electrons. The molecule has 0 saturated carbocycles. The summed E-state index contributed by atoms with van der Waals surface area (Å²) >= 11 is 1.74. The van der Waals surface area contributed by atoms with E-state index in [-0.39, 0.29) is 30.2 Å². The molecule has 0 aliphatic heterocycles. The number of halogens is 4. The maximum absolute atomic E-state index is 13.2. The predicted octanol–water partition coefficient (Wildman–Crippen LogP) is 8.85. The molecule has 0 amide bonds. The van der Waals surface area contributed by atoms with E-state index in [9.17, 15) is 8.78 Å². The molecule has 3 aromatic rings. The van der Waals surface area contributed by atoms with Crippen molar-refractivity contribution in [2.24, 2.45) is 5.92 Å². The Kier molecular flexibility index (Phi) is 13.9. The van der Waals surface area contributed by atoms with Gasteiger partial charge in [0, 0.05) is 6.07 Å². The summed E-state index contributed by atoms with van der Waals surface area (Å²) in [5.41, 5.74) is 5.89. The zero-order valence-electron chi connectivity index (χ0n) is 19.3. The van der Waals surface area contributed by atoms with Gasteiger partial charge in [0.15, 0.2) is 0 Å². The zero-order chi connectivity index (χ0) is 22.4. The molecule has 1 aliphatic rings. The molecular formula is C26H30Cl2F2SiZr. The van der Waals surface area contributed by atoms with E-state index in [1.807, 2.05) is 36.4 Å². The Hall–Kier alpha value is -0.930. The number of hydrogen-bond acceptors (Lipinski definition) is 0. The molecule has 0 aromatic heterocycles. The van der Waals surface area contributed by atoms with Crippen LogP contribution in [-0.2, 0) is 23.3 Å². The molecule has 3 aromatic carbocycles. The second-order valence-corrected chi connectivity index (χ2v) is 17.2. The van der Waals surface area contributed by atoms with E-state index >= 15 is 0 Å². The van der Waals surface area contributed by atoms with Gasteiger partial charge in [0.2, 0.25) is 0 Å². The van der Waals surface area contributed by atoms with E-state index in [2.05, 4.69) is 46.9 Å². The minimum atomic E-state index is -0.551. The largest absolute Gasteiger partial charge is 0.207 e. The van der Waals surface area contributed by atoms with E-state index in [0.717, 1.165) is 22.4 Å². The maximum Gasteiger partial charge on any atom is 0.125 e. The second-order valence-electron chi connectivity index (χ2n) is 7.79. The monoisotopic (exact) mass is 568 g/mol. The average molecular weight is 571 g/mol. The van der Waals surface area contributed by atoms with Crippen molar-refractivity contribution in [3.63, 3.8) is 0 Å². The Morgan fingerprint density at radius 2 is 1.50 bits per heavy atom. The van der Waals surface area contributed by atoms with Gasteiger partial charge in [-0.15, -0.1) is 78.4 Å². The fourth-order valence-electron chi connectivity index (χ4n) is 3.27. The summed E-state index contributed by atoms with van der Waals surface area (Å²) in [6.45, 7) is 13.3. The van der Waals surface area contributed by atoms with Crippen LogP contribution >= 0.6 is 24.8 Å². The SMILES string of the molecule is CC1=[C-]C(C)C(C)=C1C.C[Si](C)=[Zr+2].Cl.Cl.Fc1cc(F)cc(-c2c[cH-]c3ccccc23)c1. The van der Waals surface area contributed by atoms with Crippen LogP contribution in [0.3, 0.4) is 0 Å². The molecular weight excluding hydrogens is 540 g/mol. The summed E-state index contributed by atoms with van der Waals surface area (Å²) < 4.78 is 26.4. The van der Waals surface area contributed by atoms with Crippen LogP contribution in [0.2, 0.25) is 13.1 Å². The molecule has 0 heterocycles. The number of fused-ring (bicyclic) bond motifs is 1. The van der Waals surface area contributed by atoms with Crippen molar-refractivity contribution in [3.8, 4) is 11.1 Å². The average Bonchev–Trinajstić information content (AvgIpc) is 3.18. The van der Waals surface area contributed by atoms with Gasteiger partial charge in [0.25, 0.3) is 0 Å². The molecule has 1 aliphatic carbocycles. The Labute approximate surface area is 218 Å². The topological polar surface area (TPSA) is 0 Å². The number of rotatable bonds is 1. The van der Waals surface area contributed by atoms with Gasteiger partial charge in [0.05, 0.1) is 0 Å². The smallest absolute Gasteiger partial charge is 0.125 e. The number of allylic oxidation sites excluding steroid dienone is 4. The van der Waals surface area contributed by atoms with E-state index in [4.69, 9.17) is 0 Å². The number of hydrogen-bond donors (Lipinski definition) is 0. The molecule has 0 radical (unpaired) electrons. The van der Waals surface area contributed by atoms with Crippen molar-refractivity contribution in [3.05, 3.63) is 89.0 Å². The van der Waals surface area contributed by atoms with Crippen LogP contribution in [-0.4, -0.2) is 5.43 Å². The third kappa shape index (κ3) is 8.78. The molecule has 1 unspecified atom stereocenters. The minimum Gasteiger partial charge on any atom is -0.207 e. The van der Waals surface area contributed by atoms with Gasteiger partial charge in [-0.1, -0.05) is 38.3 Å². The van der Waals surface area contributed by atoms with Gasteiger partial charge >= 0.3 is 41.9 Å². The van der Waals surface area contributed by atoms with Crippen molar-refractivity contribution in [2.45, 2.75) is 40.8 Å². The molecule has 0 saturated heterocycles. The molecule has 1 atom stereocenters. The molecule has 0 fully saturated rings. The zero-order valence-corrected chi connectivity index (χ0v) is 24.4. The Morgan fingerprint density at radius 1 is 0.969 bits per heavy atom. The number of benzene rings is 2. The van der Waals surface area contributed by atoms with Crippen LogP contribution in [0.1, 0.15) is 27.7 Å². The van der Waals surface area contributed by atoms with E-state index < -0.39 is 11.6 Å². The van der Waals surface area contributed by atoms with Gasteiger partial charge in [0.1, 0.15) is 11.6 Å². The summed E-state index contributed by atoms with van der Waals surface area (Å²) in [6.07, 6.45) is 3.36. The molecule has 4 rings (SSSR count). The van der Waals surface area contributed by atoms with Crippen molar-refractivity contribution >= 4 is 41.0 Å². The summed E-state index contributed by atoms with van der Waals surface area (Å²) in [5, 5.41) is 2.09. The van der Waals surface area contributed by atoms with Crippen LogP contribution in [0.25, 0.3) is 21.9 Å². The first-order valence-corrected chi connectivity index (χ1v) is 16.2. The van der Waals surface area contributed by atoms with Gasteiger partial charge in [-0.25, -0.2) is 14.4 Å². The van der Waals surface area contributed by atoms with E-state index in [0.29, 0.717) is 11.5 Å². The van der Waals surface area contributed by atoms with Crippen molar-refractivity contribution in [2.75, 3.05) is 0 Å². The Morgan fingerprint density at radius 3 is 1.94 bits per heavy atom. The Balaban J connectivity index is 0.000000547. The third-order valence-electron chi connectivity index (χ3n) is 5.09. The summed E-state index contributed by atoms with van der Waals surface area (Å²) in [4.78, 5) is 0. The summed E-state index contributed by atoms with van der Waals surface area (Å²) in [5.74, 6) is -0.541. The first-order chi connectivity index (χ1) is 14.1. The molecule has 0 nitrogen and oxygen atoms in total. The molecule has 0 spiro atoms. The summed E-state index contributed by atoms with van der Waals surface area (Å²) in [7, 11) is 0. The molecule has 0 bridgehead atoms. The maximum atomic E-state index is 13.2. The molecule has 6 heteroatoms. The van der Waals surface area contributed by atoms with Crippen LogP contribution in [0.15, 0.2) is 71.3 Å². The first-order valence-electron chi connectivity index (χ1n) is 10.0. The van der Waals surface area contributed by atoms with Crippen molar-refractivity contribution < 1.29 is 32.1 Å². The standard InChI is InChI=1S/C15H9F2.C9H13.C2H6Si.2ClH.Zr/c16-12-7-11(8-13(17)9-12)15-6-5-10-3-1-2-4-14(10)15;1-6-5-7(2)9(4)8(6)3;1-3-2;;;/h1-9H;6H,1-4H3;1-2H3;2*1H;/q2*-1;;;;+2. The molecule has 32 heavy (non-hydrogen) atoms. The van der Waals surface area contributed by atoms with Gasteiger partial charge < -0.3 is 0 Å². The fraction of sp³-hybridized carbons (Fsp3) is 0.269. The van der Waals surface area contributed by atoms with Crippen LogP contribution in [0, 0.1) is 23.6 Å². The Bertz CT molecular complexity index is 1090. The van der Waals surface area contributed by atoms with E-state index in [1.165, 1.54) is 28.9 Å². The van der Waals surface area contributed by atoms with Crippen LogP contribution < -0.4 is 0 Å². The van der Waals surface area contributed by atoms with E-state index in [1.54, 1.807) is 23.3 Å². The normalized spacial score (nSPS) is 14.3. The summed E-state index contributed by atoms with van der Waals surface area (Å²) in [6, 6.07) is 15.2. The van der Waals surface area contributed by atoms with Crippen LogP contribution in [0.5, 0.6) is 0 Å². The molecule has 0 N–H and O–H groups in total. The quantitative estimate of drug-likeness (QED) is 0.203. The van der Waals surface area contributed by atoms with Gasteiger partial charge in [-0.3, -0.25) is 6.08 Å². The van der Waals surface area contributed by atoms with Crippen molar-refractivity contribution in [1.82, 2.24) is 0 Å². The van der Waals surface area contributed by atoms with Gasteiger partial charge in [-0.05, 0) is 12.1 Å². The first kappa shape index (κ1) is 31.1. The van der Waals surface area contributed by atoms with Gasteiger partial charge in [-0.2, -0.15) is 11.1 Å². The fourth-order valence-corrected chi connectivity index (χ4v) is 3.27. The third-order valence-corrected chi connectivity index (χ3v) is 5.09. The van der Waals surface area contributed by atoms with Crippen molar-refractivity contribution in [1.29, 1.82) is 0 Å². The second kappa shape index (κ2) is 14.4.